The molecule has 0 aromatic rings. The van der Waals surface area contributed by atoms with E-state index in [1.807, 2.05) is 0 Å². The molecule has 0 aromatic carbocycles. The fourth-order valence-electron chi connectivity index (χ4n) is 1.36. The zero-order valence-electron chi connectivity index (χ0n) is 7.96. The molecule has 1 atom stereocenters. The molecule has 88 valence electrons. The molecule has 15 heavy (non-hydrogen) atoms. The number of halogens is 3. The van der Waals surface area contributed by atoms with Crippen molar-refractivity contribution < 1.29 is 27.8 Å². The second-order valence-corrected chi connectivity index (χ2v) is 3.41. The van der Waals surface area contributed by atoms with Crippen molar-refractivity contribution in [3.05, 3.63) is 0 Å². The zero-order valence-corrected chi connectivity index (χ0v) is 7.96. The second-order valence-electron chi connectivity index (χ2n) is 3.41. The van der Waals surface area contributed by atoms with Gasteiger partial charge in [0.15, 0.2) is 6.61 Å². The molecule has 1 saturated heterocycles. The summed E-state index contributed by atoms with van der Waals surface area (Å²) in [6.45, 7) is -1.22. The van der Waals surface area contributed by atoms with E-state index >= 15 is 0 Å². The van der Waals surface area contributed by atoms with Gasteiger partial charge in [-0.3, -0.25) is 0 Å². The molecular formula is C8H12F3NO3. The molecule has 4 nitrogen and oxygen atoms in total. The Morgan fingerprint density at radius 2 is 2.20 bits per heavy atom. The number of ether oxygens (including phenoxy) is 1. The van der Waals surface area contributed by atoms with Gasteiger partial charge in [-0.25, -0.2) is 4.79 Å². The maximum Gasteiger partial charge on any atom is 0.422 e. The Labute approximate surface area is 84.6 Å². The van der Waals surface area contributed by atoms with Crippen LogP contribution in [0.25, 0.3) is 0 Å². The number of piperidine rings is 1. The van der Waals surface area contributed by atoms with Gasteiger partial charge in [-0.15, -0.1) is 0 Å². The Hall–Kier alpha value is -0.980. The maximum absolute atomic E-state index is 11.7. The van der Waals surface area contributed by atoms with E-state index in [0.29, 0.717) is 19.4 Å². The predicted molar refractivity (Wildman–Crippen MR) is 44.2 cm³/mol. The summed E-state index contributed by atoms with van der Waals surface area (Å²) in [7, 11) is 0. The van der Waals surface area contributed by atoms with E-state index < -0.39 is 25.0 Å². The van der Waals surface area contributed by atoms with Crippen LogP contribution in [0.5, 0.6) is 0 Å². The third kappa shape index (κ3) is 4.37. The summed E-state index contributed by atoms with van der Waals surface area (Å²) in [5.74, 6) is 0. The highest BCUT2D eigenvalue weighted by molar-refractivity contribution is 5.67. The number of β-amino-alcohol motifs (C(OH)–C–C–N with tert-alkyl or cyclic N) is 1. The van der Waals surface area contributed by atoms with Crippen LogP contribution in [0.3, 0.4) is 0 Å². The first kappa shape index (κ1) is 12.1. The third-order valence-corrected chi connectivity index (χ3v) is 2.01. The van der Waals surface area contributed by atoms with Gasteiger partial charge in [0.05, 0.1) is 6.10 Å². The fourth-order valence-corrected chi connectivity index (χ4v) is 1.36. The number of aliphatic hydroxyl groups excluding tert-OH is 1. The quantitative estimate of drug-likeness (QED) is 0.730. The van der Waals surface area contributed by atoms with Crippen LogP contribution >= 0.6 is 0 Å². The first-order chi connectivity index (χ1) is 6.88. The molecule has 0 bridgehead atoms. The van der Waals surface area contributed by atoms with Crippen LogP contribution in [0.15, 0.2) is 0 Å². The SMILES string of the molecule is O=C(OCC(F)(F)F)N1CCCC(O)C1. The van der Waals surface area contributed by atoms with Gasteiger partial charge in [0, 0.05) is 13.1 Å². The third-order valence-electron chi connectivity index (χ3n) is 2.01. The standard InChI is InChI=1S/C8H12F3NO3/c9-8(10,11)5-15-7(14)12-3-1-2-6(13)4-12/h6,13H,1-5H2. The average molecular weight is 227 g/mol. The Bertz CT molecular complexity index is 232. The number of aliphatic hydroxyl groups is 1. The molecule has 0 spiro atoms. The lowest BCUT2D eigenvalue weighted by atomic mass is 10.1. The summed E-state index contributed by atoms with van der Waals surface area (Å²) >= 11 is 0. The lowest BCUT2D eigenvalue weighted by Crippen LogP contribution is -2.43. The van der Waals surface area contributed by atoms with Gasteiger partial charge >= 0.3 is 12.3 Å². The Kier molecular flexibility index (Phi) is 3.78. The highest BCUT2D eigenvalue weighted by Gasteiger charge is 2.31. The molecule has 1 heterocycles. The molecule has 1 aliphatic heterocycles. The molecule has 1 N–H and O–H groups in total. The molecule has 0 aliphatic carbocycles. The number of hydrogen-bond acceptors (Lipinski definition) is 3. The van der Waals surface area contributed by atoms with E-state index in [1.54, 1.807) is 0 Å². The molecule has 1 aliphatic rings. The molecule has 1 unspecified atom stereocenters. The van der Waals surface area contributed by atoms with Crippen molar-refractivity contribution in [1.82, 2.24) is 4.90 Å². The highest BCUT2D eigenvalue weighted by atomic mass is 19.4. The minimum atomic E-state index is -4.51. The van der Waals surface area contributed by atoms with Crippen LogP contribution in [0.2, 0.25) is 0 Å². The van der Waals surface area contributed by atoms with Crippen LogP contribution in [0.4, 0.5) is 18.0 Å². The van der Waals surface area contributed by atoms with Gasteiger partial charge in [-0.05, 0) is 12.8 Å². The van der Waals surface area contributed by atoms with Crippen molar-refractivity contribution in [2.75, 3.05) is 19.7 Å². The van der Waals surface area contributed by atoms with Gasteiger partial charge in [0.2, 0.25) is 0 Å². The topological polar surface area (TPSA) is 49.8 Å². The van der Waals surface area contributed by atoms with Crippen molar-refractivity contribution in [2.45, 2.75) is 25.1 Å². The van der Waals surface area contributed by atoms with Crippen molar-refractivity contribution in [2.24, 2.45) is 0 Å². The van der Waals surface area contributed by atoms with E-state index in [0.717, 1.165) is 4.90 Å². The lowest BCUT2D eigenvalue weighted by molar-refractivity contribution is -0.162. The molecule has 7 heteroatoms. The van der Waals surface area contributed by atoms with E-state index in [9.17, 15) is 23.1 Å². The number of hydrogen-bond donors (Lipinski definition) is 1. The van der Waals surface area contributed by atoms with E-state index in [4.69, 9.17) is 0 Å². The summed E-state index contributed by atoms with van der Waals surface area (Å²) in [5.41, 5.74) is 0. The number of likely N-dealkylation sites (tertiary alicyclic amines) is 1. The van der Waals surface area contributed by atoms with Crippen LogP contribution < -0.4 is 0 Å². The first-order valence-electron chi connectivity index (χ1n) is 4.55. The minimum absolute atomic E-state index is 0.0384. The van der Waals surface area contributed by atoms with Gasteiger partial charge in [-0.2, -0.15) is 13.2 Å². The van der Waals surface area contributed by atoms with Crippen LogP contribution in [0.1, 0.15) is 12.8 Å². The van der Waals surface area contributed by atoms with Gasteiger partial charge in [-0.1, -0.05) is 0 Å². The average Bonchev–Trinajstić information content (AvgIpc) is 2.13. The second kappa shape index (κ2) is 4.69. The molecule has 1 fully saturated rings. The van der Waals surface area contributed by atoms with Crippen molar-refractivity contribution in [3.8, 4) is 0 Å². The number of carbonyl (C=O) groups is 1. The van der Waals surface area contributed by atoms with E-state index in [-0.39, 0.29) is 6.54 Å². The van der Waals surface area contributed by atoms with Crippen LogP contribution in [-0.4, -0.2) is 48.1 Å². The summed E-state index contributed by atoms with van der Waals surface area (Å²) in [4.78, 5) is 12.2. The molecule has 0 radical (unpaired) electrons. The van der Waals surface area contributed by atoms with E-state index in [2.05, 4.69) is 4.74 Å². The predicted octanol–water partition coefficient (Wildman–Crippen LogP) is 1.14. The molecule has 0 saturated carbocycles. The van der Waals surface area contributed by atoms with E-state index in [1.165, 1.54) is 0 Å². The zero-order chi connectivity index (χ0) is 11.5. The molecule has 0 aromatic heterocycles. The van der Waals surface area contributed by atoms with Gasteiger partial charge < -0.3 is 14.7 Å². The number of carbonyl (C=O) groups excluding carboxylic acids is 1. The summed E-state index contributed by atoms with van der Waals surface area (Å²) < 4.78 is 39.2. The Morgan fingerprint density at radius 1 is 1.53 bits per heavy atom. The normalized spacial score (nSPS) is 22.7. The minimum Gasteiger partial charge on any atom is -0.440 e. The Morgan fingerprint density at radius 3 is 2.73 bits per heavy atom. The van der Waals surface area contributed by atoms with Crippen LogP contribution in [-0.2, 0) is 4.74 Å². The monoisotopic (exact) mass is 227 g/mol. The number of rotatable bonds is 1. The largest absolute Gasteiger partial charge is 0.440 e. The maximum atomic E-state index is 11.7. The first-order valence-corrected chi connectivity index (χ1v) is 4.55. The molecule has 1 rings (SSSR count). The van der Waals surface area contributed by atoms with Crippen molar-refractivity contribution >= 4 is 6.09 Å². The van der Waals surface area contributed by atoms with Crippen molar-refractivity contribution in [3.63, 3.8) is 0 Å². The van der Waals surface area contributed by atoms with Crippen molar-refractivity contribution in [1.29, 1.82) is 0 Å². The lowest BCUT2D eigenvalue weighted by Gasteiger charge is -2.29. The fraction of sp³-hybridized carbons (Fsp3) is 0.875. The highest BCUT2D eigenvalue weighted by Crippen LogP contribution is 2.16. The summed E-state index contributed by atoms with van der Waals surface area (Å²) in [6.07, 6.45) is -5.07. The molecular weight excluding hydrogens is 215 g/mol. The summed E-state index contributed by atoms with van der Waals surface area (Å²) in [6, 6.07) is 0. The van der Waals surface area contributed by atoms with Gasteiger partial charge in [0.25, 0.3) is 0 Å². The number of alkyl halides is 3. The Balaban J connectivity index is 2.33. The van der Waals surface area contributed by atoms with Crippen LogP contribution in [0, 0.1) is 0 Å². The summed E-state index contributed by atoms with van der Waals surface area (Å²) in [5, 5.41) is 9.18. The number of amides is 1. The van der Waals surface area contributed by atoms with Gasteiger partial charge in [0.1, 0.15) is 0 Å². The smallest absolute Gasteiger partial charge is 0.422 e. The number of nitrogens with zero attached hydrogens (tertiary/aromatic N) is 1. The molecule has 1 amide bonds.